The third-order valence-corrected chi connectivity index (χ3v) is 3.46. The van der Waals surface area contributed by atoms with Crippen molar-refractivity contribution in [1.82, 2.24) is 0 Å². The fourth-order valence-corrected chi connectivity index (χ4v) is 2.03. The van der Waals surface area contributed by atoms with Crippen LogP contribution in [0.4, 0.5) is 0 Å². The van der Waals surface area contributed by atoms with E-state index in [0.717, 1.165) is 16.9 Å². The molecule has 0 saturated carbocycles. The predicted molar refractivity (Wildman–Crippen MR) is 84.1 cm³/mol. The maximum atomic E-state index is 11.3. The zero-order valence-corrected chi connectivity index (χ0v) is 12.2. The van der Waals surface area contributed by atoms with Crippen LogP contribution in [0.15, 0.2) is 54.6 Å². The second-order valence-electron chi connectivity index (χ2n) is 5.27. The summed E-state index contributed by atoms with van der Waals surface area (Å²) in [4.78, 5) is 11.3. The second-order valence-corrected chi connectivity index (χ2v) is 5.27. The molecule has 0 aliphatic carbocycles. The molecule has 116 valence electrons. The molecular weight excluding hydrogens is 280 g/mol. The molecule has 0 aliphatic heterocycles. The SMILES string of the molecule is NC(=O)C(N)(CO)Cc1ccc(OCc2ccccc2)cc1. The molecule has 5 nitrogen and oxygen atoms in total. The van der Waals surface area contributed by atoms with E-state index in [1.165, 1.54) is 0 Å². The van der Waals surface area contributed by atoms with Gasteiger partial charge < -0.3 is 21.3 Å². The number of hydrogen-bond acceptors (Lipinski definition) is 4. The Morgan fingerprint density at radius 2 is 1.68 bits per heavy atom. The van der Waals surface area contributed by atoms with Crippen molar-refractivity contribution in [3.63, 3.8) is 0 Å². The van der Waals surface area contributed by atoms with E-state index in [-0.39, 0.29) is 6.42 Å². The molecule has 1 atom stereocenters. The smallest absolute Gasteiger partial charge is 0.240 e. The van der Waals surface area contributed by atoms with E-state index in [2.05, 4.69) is 0 Å². The van der Waals surface area contributed by atoms with Crippen molar-refractivity contribution in [3.05, 3.63) is 65.7 Å². The van der Waals surface area contributed by atoms with Crippen molar-refractivity contribution >= 4 is 5.91 Å². The molecule has 0 radical (unpaired) electrons. The quantitative estimate of drug-likeness (QED) is 0.710. The molecule has 0 spiro atoms. The fraction of sp³-hybridized carbons (Fsp3) is 0.235. The molecule has 5 heteroatoms. The highest BCUT2D eigenvalue weighted by atomic mass is 16.5. The van der Waals surface area contributed by atoms with E-state index in [9.17, 15) is 9.90 Å². The van der Waals surface area contributed by atoms with Gasteiger partial charge in [0, 0.05) is 6.42 Å². The highest BCUT2D eigenvalue weighted by Gasteiger charge is 2.31. The van der Waals surface area contributed by atoms with Gasteiger partial charge in [0.1, 0.15) is 17.9 Å². The topological polar surface area (TPSA) is 98.6 Å². The Kier molecular flexibility index (Phi) is 5.14. The highest BCUT2D eigenvalue weighted by molar-refractivity contribution is 5.84. The molecular formula is C17H20N2O3. The molecule has 0 fully saturated rings. The molecule has 0 saturated heterocycles. The average Bonchev–Trinajstić information content (AvgIpc) is 2.55. The van der Waals surface area contributed by atoms with Gasteiger partial charge in [-0.25, -0.2) is 0 Å². The monoisotopic (exact) mass is 300 g/mol. The molecule has 5 N–H and O–H groups in total. The lowest BCUT2D eigenvalue weighted by molar-refractivity contribution is -0.124. The number of ether oxygens (including phenoxy) is 1. The summed E-state index contributed by atoms with van der Waals surface area (Å²) in [6, 6.07) is 17.1. The van der Waals surface area contributed by atoms with E-state index in [1.807, 2.05) is 30.3 Å². The van der Waals surface area contributed by atoms with Gasteiger partial charge in [-0.1, -0.05) is 42.5 Å². The van der Waals surface area contributed by atoms with Gasteiger partial charge in [0.2, 0.25) is 5.91 Å². The lowest BCUT2D eigenvalue weighted by Gasteiger charge is -2.23. The predicted octanol–water partition coefficient (Wildman–Crippen LogP) is 0.983. The number of primary amides is 1. The van der Waals surface area contributed by atoms with Crippen molar-refractivity contribution in [3.8, 4) is 5.75 Å². The molecule has 0 heterocycles. The highest BCUT2D eigenvalue weighted by Crippen LogP contribution is 2.17. The first-order valence-electron chi connectivity index (χ1n) is 6.99. The molecule has 1 unspecified atom stereocenters. The van der Waals surface area contributed by atoms with Crippen LogP contribution in [0, 0.1) is 0 Å². The van der Waals surface area contributed by atoms with Gasteiger partial charge in [0.15, 0.2) is 0 Å². The van der Waals surface area contributed by atoms with Crippen LogP contribution < -0.4 is 16.2 Å². The Labute approximate surface area is 129 Å². The van der Waals surface area contributed by atoms with Crippen LogP contribution in [0.3, 0.4) is 0 Å². The molecule has 2 rings (SSSR count). The molecule has 0 bridgehead atoms. The summed E-state index contributed by atoms with van der Waals surface area (Å²) in [5, 5.41) is 9.23. The Bertz CT molecular complexity index is 614. The Hall–Kier alpha value is -2.37. The van der Waals surface area contributed by atoms with Gasteiger partial charge in [-0.3, -0.25) is 4.79 Å². The fourth-order valence-electron chi connectivity index (χ4n) is 2.03. The molecule has 0 aliphatic rings. The van der Waals surface area contributed by atoms with E-state index in [1.54, 1.807) is 24.3 Å². The number of hydrogen-bond donors (Lipinski definition) is 3. The number of nitrogens with two attached hydrogens (primary N) is 2. The van der Waals surface area contributed by atoms with Crippen molar-refractivity contribution in [2.24, 2.45) is 11.5 Å². The van der Waals surface area contributed by atoms with Crippen LogP contribution >= 0.6 is 0 Å². The number of aliphatic hydroxyl groups excluding tert-OH is 1. The number of benzene rings is 2. The van der Waals surface area contributed by atoms with Crippen LogP contribution in [-0.4, -0.2) is 23.2 Å². The van der Waals surface area contributed by atoms with Gasteiger partial charge in [0.25, 0.3) is 0 Å². The van der Waals surface area contributed by atoms with Gasteiger partial charge >= 0.3 is 0 Å². The minimum absolute atomic E-state index is 0.178. The van der Waals surface area contributed by atoms with Crippen LogP contribution in [-0.2, 0) is 17.8 Å². The molecule has 2 aromatic carbocycles. The van der Waals surface area contributed by atoms with Gasteiger partial charge in [-0.15, -0.1) is 0 Å². The van der Waals surface area contributed by atoms with E-state index >= 15 is 0 Å². The number of amides is 1. The summed E-state index contributed by atoms with van der Waals surface area (Å²) in [5.74, 6) is -0.00213. The van der Waals surface area contributed by atoms with Crippen LogP contribution in [0.5, 0.6) is 5.75 Å². The molecule has 22 heavy (non-hydrogen) atoms. The first-order chi connectivity index (χ1) is 10.5. The average molecular weight is 300 g/mol. The molecule has 2 aromatic rings. The second kappa shape index (κ2) is 7.06. The van der Waals surface area contributed by atoms with Crippen molar-refractivity contribution in [1.29, 1.82) is 0 Å². The number of rotatable bonds is 7. The summed E-state index contributed by atoms with van der Waals surface area (Å²) < 4.78 is 5.68. The third kappa shape index (κ3) is 4.07. The van der Waals surface area contributed by atoms with Gasteiger partial charge in [-0.05, 0) is 23.3 Å². The maximum Gasteiger partial charge on any atom is 0.240 e. The summed E-state index contributed by atoms with van der Waals surface area (Å²) in [6.45, 7) is -0.00642. The summed E-state index contributed by atoms with van der Waals surface area (Å²) in [6.07, 6.45) is 0.178. The number of carbonyl (C=O) groups is 1. The largest absolute Gasteiger partial charge is 0.489 e. The summed E-state index contributed by atoms with van der Waals surface area (Å²) >= 11 is 0. The lowest BCUT2D eigenvalue weighted by atomic mass is 9.92. The van der Waals surface area contributed by atoms with Gasteiger partial charge in [-0.2, -0.15) is 0 Å². The first-order valence-corrected chi connectivity index (χ1v) is 6.99. The van der Waals surface area contributed by atoms with Crippen molar-refractivity contribution < 1.29 is 14.6 Å². The Morgan fingerprint density at radius 1 is 1.05 bits per heavy atom. The molecule has 1 amide bonds. The minimum Gasteiger partial charge on any atom is -0.489 e. The first kappa shape index (κ1) is 16.0. The summed E-state index contributed by atoms with van der Waals surface area (Å²) in [5.41, 5.74) is 11.5. The molecule has 0 aromatic heterocycles. The van der Waals surface area contributed by atoms with E-state index in [4.69, 9.17) is 16.2 Å². The van der Waals surface area contributed by atoms with Crippen LogP contribution in [0.2, 0.25) is 0 Å². The van der Waals surface area contributed by atoms with Gasteiger partial charge in [0.05, 0.1) is 6.61 Å². The van der Waals surface area contributed by atoms with Crippen LogP contribution in [0.1, 0.15) is 11.1 Å². The standard InChI is InChI=1S/C17H20N2O3/c18-16(21)17(19,12-20)10-13-6-8-15(9-7-13)22-11-14-4-2-1-3-5-14/h1-9,20H,10-12,19H2,(H2,18,21). The Morgan fingerprint density at radius 3 is 2.23 bits per heavy atom. The number of aliphatic hydroxyl groups is 1. The van der Waals surface area contributed by atoms with Crippen molar-refractivity contribution in [2.75, 3.05) is 6.61 Å². The maximum absolute atomic E-state index is 11.3. The zero-order valence-electron chi connectivity index (χ0n) is 12.2. The lowest BCUT2D eigenvalue weighted by Crippen LogP contribution is -2.56. The minimum atomic E-state index is -1.44. The van der Waals surface area contributed by atoms with Crippen LogP contribution in [0.25, 0.3) is 0 Å². The normalized spacial score (nSPS) is 13.4. The Balaban J connectivity index is 1.97. The van der Waals surface area contributed by atoms with Crippen molar-refractivity contribution in [2.45, 2.75) is 18.6 Å². The van der Waals surface area contributed by atoms with E-state index < -0.39 is 18.1 Å². The van der Waals surface area contributed by atoms with E-state index in [0.29, 0.717) is 6.61 Å². The third-order valence-electron chi connectivity index (χ3n) is 3.46. The summed E-state index contributed by atoms with van der Waals surface area (Å²) in [7, 11) is 0. The zero-order chi connectivity index (χ0) is 16.0. The number of carbonyl (C=O) groups excluding carboxylic acids is 1.